The molecule has 0 aliphatic heterocycles. The van der Waals surface area contributed by atoms with E-state index in [1.54, 1.807) is 0 Å². The van der Waals surface area contributed by atoms with Gasteiger partial charge in [0.15, 0.2) is 0 Å². The molecule has 0 spiro atoms. The standard InChI is InChI=1S/C19H31N/c1-15(2)19(18-12-8-5-9-13-18)14-20-16(3)17-10-6-4-7-11-17/h5,8-9,12-13,15-17,19-20H,4,6-7,10-11,14H2,1-3H3/t16-,19?/m1/s1. The van der Waals surface area contributed by atoms with Crippen LogP contribution in [0.5, 0.6) is 0 Å². The van der Waals surface area contributed by atoms with Gasteiger partial charge in [-0.3, -0.25) is 0 Å². The summed E-state index contributed by atoms with van der Waals surface area (Å²) in [5.41, 5.74) is 1.48. The van der Waals surface area contributed by atoms with Gasteiger partial charge in [-0.05, 0) is 43.1 Å². The van der Waals surface area contributed by atoms with Crippen LogP contribution >= 0.6 is 0 Å². The summed E-state index contributed by atoms with van der Waals surface area (Å²) >= 11 is 0. The molecule has 20 heavy (non-hydrogen) atoms. The van der Waals surface area contributed by atoms with Gasteiger partial charge in [0.1, 0.15) is 0 Å². The fraction of sp³-hybridized carbons (Fsp3) is 0.684. The van der Waals surface area contributed by atoms with E-state index >= 15 is 0 Å². The van der Waals surface area contributed by atoms with Crippen molar-refractivity contribution in [2.24, 2.45) is 11.8 Å². The summed E-state index contributed by atoms with van der Waals surface area (Å²) in [6.45, 7) is 8.17. The Hall–Kier alpha value is -0.820. The van der Waals surface area contributed by atoms with Crippen molar-refractivity contribution in [3.05, 3.63) is 35.9 Å². The van der Waals surface area contributed by atoms with Crippen LogP contribution in [0.25, 0.3) is 0 Å². The van der Waals surface area contributed by atoms with Crippen molar-refractivity contribution in [1.29, 1.82) is 0 Å². The van der Waals surface area contributed by atoms with Crippen LogP contribution in [-0.2, 0) is 0 Å². The third kappa shape index (κ3) is 4.34. The summed E-state index contributed by atoms with van der Waals surface area (Å²) in [5.74, 6) is 2.21. The molecule has 0 bridgehead atoms. The van der Waals surface area contributed by atoms with E-state index in [4.69, 9.17) is 0 Å². The van der Waals surface area contributed by atoms with E-state index < -0.39 is 0 Å². The van der Waals surface area contributed by atoms with Crippen LogP contribution in [0.3, 0.4) is 0 Å². The van der Waals surface area contributed by atoms with E-state index in [-0.39, 0.29) is 0 Å². The number of rotatable bonds is 6. The summed E-state index contributed by atoms with van der Waals surface area (Å²) in [5, 5.41) is 3.83. The first kappa shape index (κ1) is 15.6. The second kappa shape index (κ2) is 7.83. The number of benzene rings is 1. The SMILES string of the molecule is CC(C)C(CN[C@H](C)C1CCCCC1)c1ccccc1. The largest absolute Gasteiger partial charge is 0.313 e. The molecule has 1 N–H and O–H groups in total. The van der Waals surface area contributed by atoms with Gasteiger partial charge in [-0.15, -0.1) is 0 Å². The van der Waals surface area contributed by atoms with Crippen molar-refractivity contribution < 1.29 is 0 Å². The Morgan fingerprint density at radius 3 is 2.25 bits per heavy atom. The molecule has 1 heteroatoms. The van der Waals surface area contributed by atoms with Crippen molar-refractivity contribution in [1.82, 2.24) is 5.32 Å². The minimum absolute atomic E-state index is 0.627. The van der Waals surface area contributed by atoms with E-state index in [1.807, 2.05) is 0 Å². The third-order valence-corrected chi connectivity index (χ3v) is 5.05. The van der Waals surface area contributed by atoms with Crippen molar-refractivity contribution in [2.45, 2.75) is 64.8 Å². The summed E-state index contributed by atoms with van der Waals surface area (Å²) in [4.78, 5) is 0. The predicted octanol–water partition coefficient (Wildman–Crippen LogP) is 4.98. The Kier molecular flexibility index (Phi) is 6.09. The molecule has 1 aliphatic carbocycles. The molecule has 0 saturated heterocycles. The van der Waals surface area contributed by atoms with Gasteiger partial charge in [-0.1, -0.05) is 63.4 Å². The topological polar surface area (TPSA) is 12.0 Å². The van der Waals surface area contributed by atoms with Gasteiger partial charge in [-0.25, -0.2) is 0 Å². The molecular weight excluding hydrogens is 242 g/mol. The molecule has 112 valence electrons. The molecular formula is C19H31N. The van der Waals surface area contributed by atoms with Crippen LogP contribution in [0.4, 0.5) is 0 Å². The molecule has 2 atom stereocenters. The smallest absolute Gasteiger partial charge is 0.00672 e. The molecule has 0 aromatic heterocycles. The van der Waals surface area contributed by atoms with E-state index in [0.29, 0.717) is 17.9 Å². The maximum Gasteiger partial charge on any atom is 0.00672 e. The Morgan fingerprint density at radius 2 is 1.65 bits per heavy atom. The quantitative estimate of drug-likeness (QED) is 0.770. The number of nitrogens with one attached hydrogen (secondary N) is 1. The Balaban J connectivity index is 1.89. The average Bonchev–Trinajstić information content (AvgIpc) is 2.49. The average molecular weight is 273 g/mol. The fourth-order valence-corrected chi connectivity index (χ4v) is 3.55. The van der Waals surface area contributed by atoms with Crippen molar-refractivity contribution in [2.75, 3.05) is 6.54 Å². The van der Waals surface area contributed by atoms with Gasteiger partial charge in [0.05, 0.1) is 0 Å². The zero-order chi connectivity index (χ0) is 14.4. The van der Waals surface area contributed by atoms with Gasteiger partial charge < -0.3 is 5.32 Å². The van der Waals surface area contributed by atoms with Crippen molar-refractivity contribution >= 4 is 0 Å². The van der Waals surface area contributed by atoms with Crippen molar-refractivity contribution in [3.8, 4) is 0 Å². The maximum atomic E-state index is 3.83. The zero-order valence-corrected chi connectivity index (χ0v) is 13.4. The lowest BCUT2D eigenvalue weighted by atomic mass is 9.83. The van der Waals surface area contributed by atoms with Crippen LogP contribution in [0.2, 0.25) is 0 Å². The lowest BCUT2D eigenvalue weighted by Gasteiger charge is -2.31. The highest BCUT2D eigenvalue weighted by Gasteiger charge is 2.22. The van der Waals surface area contributed by atoms with Crippen molar-refractivity contribution in [3.63, 3.8) is 0 Å². The van der Waals surface area contributed by atoms with E-state index in [0.717, 1.165) is 12.5 Å². The van der Waals surface area contributed by atoms with E-state index in [9.17, 15) is 0 Å². The fourth-order valence-electron chi connectivity index (χ4n) is 3.55. The van der Waals surface area contributed by atoms with Gasteiger partial charge in [0.2, 0.25) is 0 Å². The molecule has 0 heterocycles. The summed E-state index contributed by atoms with van der Waals surface area (Å²) in [6, 6.07) is 11.7. The van der Waals surface area contributed by atoms with Crippen LogP contribution in [0, 0.1) is 11.8 Å². The van der Waals surface area contributed by atoms with Gasteiger partial charge in [-0.2, -0.15) is 0 Å². The number of hydrogen-bond acceptors (Lipinski definition) is 1. The molecule has 1 aromatic carbocycles. The highest BCUT2D eigenvalue weighted by molar-refractivity contribution is 5.20. The predicted molar refractivity (Wildman–Crippen MR) is 88.1 cm³/mol. The second-order valence-corrected chi connectivity index (χ2v) is 6.86. The number of hydrogen-bond donors (Lipinski definition) is 1. The van der Waals surface area contributed by atoms with E-state index in [1.165, 1.54) is 37.7 Å². The van der Waals surface area contributed by atoms with Crippen LogP contribution in [-0.4, -0.2) is 12.6 Å². The normalized spacial score (nSPS) is 20.0. The molecule has 1 fully saturated rings. The molecule has 1 nitrogen and oxygen atoms in total. The lowest BCUT2D eigenvalue weighted by Crippen LogP contribution is -2.38. The highest BCUT2D eigenvalue weighted by Crippen LogP contribution is 2.28. The molecule has 1 aromatic rings. The lowest BCUT2D eigenvalue weighted by molar-refractivity contribution is 0.273. The van der Waals surface area contributed by atoms with Gasteiger partial charge in [0.25, 0.3) is 0 Å². The van der Waals surface area contributed by atoms with Gasteiger partial charge >= 0.3 is 0 Å². The molecule has 0 amide bonds. The van der Waals surface area contributed by atoms with Gasteiger partial charge in [0, 0.05) is 12.6 Å². The summed E-state index contributed by atoms with van der Waals surface area (Å²) in [7, 11) is 0. The molecule has 1 unspecified atom stereocenters. The zero-order valence-electron chi connectivity index (χ0n) is 13.4. The molecule has 1 aliphatic rings. The van der Waals surface area contributed by atoms with Crippen LogP contribution in [0.15, 0.2) is 30.3 Å². The third-order valence-electron chi connectivity index (χ3n) is 5.05. The first-order valence-corrected chi connectivity index (χ1v) is 8.47. The maximum absolute atomic E-state index is 3.83. The minimum Gasteiger partial charge on any atom is -0.313 e. The molecule has 2 rings (SSSR count). The Labute approximate surface area is 125 Å². The second-order valence-electron chi connectivity index (χ2n) is 6.86. The Morgan fingerprint density at radius 1 is 1.00 bits per heavy atom. The van der Waals surface area contributed by atoms with E-state index in [2.05, 4.69) is 56.4 Å². The van der Waals surface area contributed by atoms with Crippen LogP contribution in [0.1, 0.15) is 64.4 Å². The first-order chi connectivity index (χ1) is 9.68. The highest BCUT2D eigenvalue weighted by atomic mass is 14.9. The Bertz CT molecular complexity index is 365. The summed E-state index contributed by atoms with van der Waals surface area (Å²) < 4.78 is 0. The van der Waals surface area contributed by atoms with Crippen LogP contribution < -0.4 is 5.32 Å². The molecule has 1 saturated carbocycles. The monoisotopic (exact) mass is 273 g/mol. The minimum atomic E-state index is 0.627. The molecule has 0 radical (unpaired) electrons. The summed E-state index contributed by atoms with van der Waals surface area (Å²) in [6.07, 6.45) is 7.16. The first-order valence-electron chi connectivity index (χ1n) is 8.47.